The van der Waals surface area contributed by atoms with Crippen molar-refractivity contribution in [3.63, 3.8) is 0 Å². The molecule has 0 amide bonds. The van der Waals surface area contributed by atoms with E-state index in [1.54, 1.807) is 0 Å². The summed E-state index contributed by atoms with van der Waals surface area (Å²) in [5.74, 6) is 0.897. The number of anilines is 1. The number of nitrogens with one attached hydrogen (secondary N) is 2. The maximum Gasteiger partial charge on any atom is 0.191 e. The molecule has 2 fully saturated rings. The van der Waals surface area contributed by atoms with E-state index in [-0.39, 0.29) is 0 Å². The quantitative estimate of drug-likeness (QED) is 0.460. The van der Waals surface area contributed by atoms with Gasteiger partial charge in [-0.05, 0) is 43.9 Å². The van der Waals surface area contributed by atoms with Crippen molar-refractivity contribution >= 4 is 11.6 Å². The summed E-state index contributed by atoms with van der Waals surface area (Å²) >= 11 is 0. The van der Waals surface area contributed by atoms with Gasteiger partial charge in [-0.1, -0.05) is 30.7 Å². The van der Waals surface area contributed by atoms with Crippen LogP contribution in [-0.4, -0.2) is 44.8 Å². The largest absolute Gasteiger partial charge is 0.378 e. The SMILES string of the molecule is CCOC1CC(NC(=NC)NCc2ccc(N3CC=CC3)cc2)C12CCC2. The second-order valence-corrected chi connectivity index (χ2v) is 7.93. The predicted molar refractivity (Wildman–Crippen MR) is 111 cm³/mol. The summed E-state index contributed by atoms with van der Waals surface area (Å²) in [5, 5.41) is 7.13. The number of rotatable bonds is 6. The Hall–Kier alpha value is -2.01. The van der Waals surface area contributed by atoms with Crippen LogP contribution in [0, 0.1) is 5.41 Å². The minimum absolute atomic E-state index is 0.346. The van der Waals surface area contributed by atoms with E-state index in [0.29, 0.717) is 17.6 Å². The highest BCUT2D eigenvalue weighted by molar-refractivity contribution is 5.80. The summed E-state index contributed by atoms with van der Waals surface area (Å²) in [4.78, 5) is 6.80. The zero-order valence-corrected chi connectivity index (χ0v) is 16.6. The van der Waals surface area contributed by atoms with Crippen LogP contribution >= 0.6 is 0 Å². The third-order valence-electron chi connectivity index (χ3n) is 6.55. The van der Waals surface area contributed by atoms with Gasteiger partial charge in [0, 0.05) is 50.4 Å². The fraction of sp³-hybridized carbons (Fsp3) is 0.591. The zero-order valence-electron chi connectivity index (χ0n) is 16.6. The molecule has 0 aromatic heterocycles. The summed E-state index contributed by atoms with van der Waals surface area (Å²) in [7, 11) is 1.85. The molecule has 1 aliphatic heterocycles. The van der Waals surface area contributed by atoms with Crippen LogP contribution in [0.5, 0.6) is 0 Å². The highest BCUT2D eigenvalue weighted by Gasteiger charge is 2.59. The van der Waals surface area contributed by atoms with Gasteiger partial charge in [0.15, 0.2) is 5.96 Å². The molecule has 3 aliphatic rings. The average Bonchev–Trinajstić information content (AvgIpc) is 3.17. The number of guanidine groups is 1. The van der Waals surface area contributed by atoms with Crippen LogP contribution in [0.4, 0.5) is 5.69 Å². The van der Waals surface area contributed by atoms with Crippen LogP contribution in [0.1, 0.15) is 38.2 Å². The normalized spacial score (nSPS) is 26.0. The molecule has 0 saturated heterocycles. The Labute approximate surface area is 162 Å². The number of benzene rings is 1. The van der Waals surface area contributed by atoms with E-state index in [2.05, 4.69) is 63.9 Å². The smallest absolute Gasteiger partial charge is 0.191 e. The molecule has 27 heavy (non-hydrogen) atoms. The lowest BCUT2D eigenvalue weighted by Crippen LogP contribution is -2.68. The minimum atomic E-state index is 0.346. The van der Waals surface area contributed by atoms with Crippen molar-refractivity contribution in [2.75, 3.05) is 31.6 Å². The third kappa shape index (κ3) is 3.57. The first-order valence-electron chi connectivity index (χ1n) is 10.3. The van der Waals surface area contributed by atoms with Crippen molar-refractivity contribution in [3.05, 3.63) is 42.0 Å². The Morgan fingerprint density at radius 2 is 1.96 bits per heavy atom. The van der Waals surface area contributed by atoms with Crippen LogP contribution in [0.3, 0.4) is 0 Å². The number of hydrogen-bond donors (Lipinski definition) is 2. The van der Waals surface area contributed by atoms with Gasteiger partial charge in [0.1, 0.15) is 0 Å². The monoisotopic (exact) mass is 368 g/mol. The lowest BCUT2D eigenvalue weighted by atomic mass is 9.51. The van der Waals surface area contributed by atoms with Crippen LogP contribution in [0.2, 0.25) is 0 Å². The van der Waals surface area contributed by atoms with Crippen molar-refractivity contribution in [1.29, 1.82) is 0 Å². The molecule has 5 nitrogen and oxygen atoms in total. The molecule has 5 heteroatoms. The zero-order chi connectivity index (χ0) is 18.7. The Kier molecular flexibility index (Phi) is 5.39. The summed E-state index contributed by atoms with van der Waals surface area (Å²) in [6, 6.07) is 9.31. The van der Waals surface area contributed by atoms with Gasteiger partial charge in [-0.25, -0.2) is 0 Å². The van der Waals surface area contributed by atoms with E-state index in [0.717, 1.165) is 38.6 Å². The molecule has 2 aliphatic carbocycles. The molecule has 1 aromatic rings. The van der Waals surface area contributed by atoms with Crippen LogP contribution in [0.15, 0.2) is 41.4 Å². The Morgan fingerprint density at radius 1 is 1.22 bits per heavy atom. The molecule has 2 unspecified atom stereocenters. The van der Waals surface area contributed by atoms with Crippen LogP contribution in [0.25, 0.3) is 0 Å². The first-order valence-corrected chi connectivity index (χ1v) is 10.3. The van der Waals surface area contributed by atoms with Crippen LogP contribution < -0.4 is 15.5 Å². The fourth-order valence-corrected chi connectivity index (χ4v) is 4.70. The lowest BCUT2D eigenvalue weighted by Gasteiger charge is -2.61. The number of hydrogen-bond acceptors (Lipinski definition) is 3. The van der Waals surface area contributed by atoms with Gasteiger partial charge in [0.2, 0.25) is 0 Å². The van der Waals surface area contributed by atoms with Gasteiger partial charge in [0.05, 0.1) is 6.10 Å². The van der Waals surface area contributed by atoms with Gasteiger partial charge in [-0.3, -0.25) is 4.99 Å². The minimum Gasteiger partial charge on any atom is -0.378 e. The molecular weight excluding hydrogens is 336 g/mol. The summed E-state index contributed by atoms with van der Waals surface area (Å²) in [6.07, 6.45) is 9.84. The first kappa shape index (κ1) is 18.4. The molecule has 1 spiro atoms. The lowest BCUT2D eigenvalue weighted by molar-refractivity contribution is -0.168. The molecule has 4 rings (SSSR count). The Balaban J connectivity index is 1.28. The van der Waals surface area contributed by atoms with E-state index >= 15 is 0 Å². The van der Waals surface area contributed by atoms with Crippen molar-refractivity contribution in [2.45, 2.75) is 51.3 Å². The molecule has 146 valence electrons. The average molecular weight is 369 g/mol. The van der Waals surface area contributed by atoms with Gasteiger partial charge < -0.3 is 20.3 Å². The number of ether oxygens (including phenoxy) is 1. The Bertz CT molecular complexity index is 685. The number of aliphatic imine (C=N–C) groups is 1. The topological polar surface area (TPSA) is 48.9 Å². The van der Waals surface area contributed by atoms with E-state index in [1.165, 1.54) is 30.5 Å². The van der Waals surface area contributed by atoms with Gasteiger partial charge >= 0.3 is 0 Å². The first-order chi connectivity index (χ1) is 13.2. The van der Waals surface area contributed by atoms with Crippen molar-refractivity contribution < 1.29 is 4.74 Å². The maximum atomic E-state index is 5.95. The van der Waals surface area contributed by atoms with Crippen molar-refractivity contribution in [2.24, 2.45) is 10.4 Å². The number of nitrogens with zero attached hydrogens (tertiary/aromatic N) is 2. The fourth-order valence-electron chi connectivity index (χ4n) is 4.70. The van der Waals surface area contributed by atoms with Crippen molar-refractivity contribution in [1.82, 2.24) is 10.6 Å². The van der Waals surface area contributed by atoms with E-state index in [9.17, 15) is 0 Å². The van der Waals surface area contributed by atoms with Crippen molar-refractivity contribution in [3.8, 4) is 0 Å². The summed E-state index contributed by atoms with van der Waals surface area (Å²) < 4.78 is 5.95. The molecule has 1 heterocycles. The van der Waals surface area contributed by atoms with E-state index < -0.39 is 0 Å². The second-order valence-electron chi connectivity index (χ2n) is 7.93. The van der Waals surface area contributed by atoms with Crippen LogP contribution in [-0.2, 0) is 11.3 Å². The molecule has 2 saturated carbocycles. The Morgan fingerprint density at radius 3 is 2.56 bits per heavy atom. The molecule has 2 N–H and O–H groups in total. The van der Waals surface area contributed by atoms with Gasteiger partial charge in [-0.15, -0.1) is 0 Å². The summed E-state index contributed by atoms with van der Waals surface area (Å²) in [6.45, 7) is 5.72. The molecule has 1 aromatic carbocycles. The van der Waals surface area contributed by atoms with Gasteiger partial charge in [0.25, 0.3) is 0 Å². The molecule has 0 radical (unpaired) electrons. The van der Waals surface area contributed by atoms with E-state index in [1.807, 2.05) is 7.05 Å². The molecule has 0 bridgehead atoms. The van der Waals surface area contributed by atoms with Gasteiger partial charge in [-0.2, -0.15) is 0 Å². The highest BCUT2D eigenvalue weighted by atomic mass is 16.5. The maximum absolute atomic E-state index is 5.95. The second kappa shape index (κ2) is 7.93. The summed E-state index contributed by atoms with van der Waals surface area (Å²) in [5.41, 5.74) is 2.90. The standard InChI is InChI=1S/C22H32N4O/c1-3-27-20-15-19(22(20)11-6-12-22)25-21(23-2)24-16-17-7-9-18(10-8-17)26-13-4-5-14-26/h4-5,7-10,19-20H,3,6,11-16H2,1-2H3,(H2,23,24,25). The highest BCUT2D eigenvalue weighted by Crippen LogP contribution is 2.57. The van der Waals surface area contributed by atoms with E-state index in [4.69, 9.17) is 4.74 Å². The predicted octanol–water partition coefficient (Wildman–Crippen LogP) is 3.08. The molecular formula is C22H32N4O. The molecule has 2 atom stereocenters. The third-order valence-corrected chi connectivity index (χ3v) is 6.55.